The summed E-state index contributed by atoms with van der Waals surface area (Å²) in [5, 5.41) is 2.90. The van der Waals surface area contributed by atoms with Crippen LogP contribution in [0, 0.1) is 0 Å². The first-order chi connectivity index (χ1) is 11.1. The standard InChI is InChI=1S/C19H25N3O/c1-4-6-13-22(3)17-11-12-20-18(14-17)19(23)21-16-9-7-15(5-2)8-10-16/h7-12,14H,4-6,13H2,1-3H3,(H,21,23). The number of unbranched alkanes of at least 4 members (excludes halogenated alkanes) is 1. The molecule has 2 rings (SSSR count). The van der Waals surface area contributed by atoms with Gasteiger partial charge in [0.2, 0.25) is 0 Å². The van der Waals surface area contributed by atoms with E-state index in [9.17, 15) is 4.79 Å². The molecule has 1 heterocycles. The Morgan fingerprint density at radius 2 is 1.91 bits per heavy atom. The minimum Gasteiger partial charge on any atom is -0.374 e. The Bertz CT molecular complexity index is 637. The van der Waals surface area contributed by atoms with Crippen LogP contribution in [-0.4, -0.2) is 24.5 Å². The van der Waals surface area contributed by atoms with Crippen molar-refractivity contribution in [1.29, 1.82) is 0 Å². The number of nitrogens with one attached hydrogen (secondary N) is 1. The van der Waals surface area contributed by atoms with E-state index in [0.717, 1.165) is 37.2 Å². The van der Waals surface area contributed by atoms with Crippen LogP contribution in [0.5, 0.6) is 0 Å². The molecule has 1 amide bonds. The van der Waals surface area contributed by atoms with Crippen molar-refractivity contribution < 1.29 is 4.79 Å². The highest BCUT2D eigenvalue weighted by atomic mass is 16.1. The number of nitrogens with zero attached hydrogens (tertiary/aromatic N) is 2. The Balaban J connectivity index is 2.06. The zero-order valence-corrected chi connectivity index (χ0v) is 14.2. The third kappa shape index (κ3) is 4.81. The summed E-state index contributed by atoms with van der Waals surface area (Å²) in [6.45, 7) is 5.25. The first-order valence-corrected chi connectivity index (χ1v) is 8.21. The van der Waals surface area contributed by atoms with Gasteiger partial charge in [-0.2, -0.15) is 0 Å². The van der Waals surface area contributed by atoms with Crippen LogP contribution >= 0.6 is 0 Å². The van der Waals surface area contributed by atoms with Gasteiger partial charge >= 0.3 is 0 Å². The third-order valence-electron chi connectivity index (χ3n) is 3.88. The minimum absolute atomic E-state index is 0.181. The summed E-state index contributed by atoms with van der Waals surface area (Å²) >= 11 is 0. The molecule has 0 aliphatic heterocycles. The molecule has 0 radical (unpaired) electrons. The SMILES string of the molecule is CCCCN(C)c1ccnc(C(=O)Nc2ccc(CC)cc2)c1. The number of rotatable bonds is 7. The van der Waals surface area contributed by atoms with Crippen molar-refractivity contribution in [2.24, 2.45) is 0 Å². The average molecular weight is 311 g/mol. The summed E-state index contributed by atoms with van der Waals surface area (Å²) in [5.74, 6) is -0.181. The van der Waals surface area contributed by atoms with E-state index in [2.05, 4.69) is 29.0 Å². The number of benzene rings is 1. The molecule has 1 N–H and O–H groups in total. The van der Waals surface area contributed by atoms with Crippen molar-refractivity contribution in [3.05, 3.63) is 53.9 Å². The Kier molecular flexibility index (Phi) is 6.15. The van der Waals surface area contributed by atoms with Gasteiger partial charge in [0.15, 0.2) is 0 Å². The number of amides is 1. The molecule has 0 saturated carbocycles. The molecule has 0 aliphatic rings. The maximum absolute atomic E-state index is 12.4. The van der Waals surface area contributed by atoms with Gasteiger partial charge in [0, 0.05) is 31.2 Å². The number of carbonyl (C=O) groups excluding carboxylic acids is 1. The van der Waals surface area contributed by atoms with Gasteiger partial charge in [-0.3, -0.25) is 9.78 Å². The molecule has 1 aromatic carbocycles. The molecule has 0 saturated heterocycles. The maximum Gasteiger partial charge on any atom is 0.274 e. The fourth-order valence-electron chi connectivity index (χ4n) is 2.32. The van der Waals surface area contributed by atoms with E-state index in [-0.39, 0.29) is 5.91 Å². The lowest BCUT2D eigenvalue weighted by atomic mass is 10.1. The molecule has 0 bridgehead atoms. The van der Waals surface area contributed by atoms with E-state index in [1.165, 1.54) is 5.56 Å². The quantitative estimate of drug-likeness (QED) is 0.836. The van der Waals surface area contributed by atoms with Crippen molar-refractivity contribution in [1.82, 2.24) is 4.98 Å². The second-order valence-corrected chi connectivity index (χ2v) is 5.68. The summed E-state index contributed by atoms with van der Waals surface area (Å²) in [5.41, 5.74) is 3.49. The lowest BCUT2D eigenvalue weighted by molar-refractivity contribution is 0.102. The smallest absolute Gasteiger partial charge is 0.274 e. The summed E-state index contributed by atoms with van der Waals surface area (Å²) in [6, 6.07) is 11.7. The first-order valence-electron chi connectivity index (χ1n) is 8.21. The third-order valence-corrected chi connectivity index (χ3v) is 3.88. The number of carbonyl (C=O) groups is 1. The molecule has 2 aromatic rings. The number of hydrogen-bond donors (Lipinski definition) is 1. The van der Waals surface area contributed by atoms with Crippen LogP contribution in [0.25, 0.3) is 0 Å². The van der Waals surface area contributed by atoms with E-state index in [1.807, 2.05) is 43.4 Å². The normalized spacial score (nSPS) is 10.4. The van der Waals surface area contributed by atoms with Crippen molar-refractivity contribution in [2.75, 3.05) is 23.8 Å². The molecule has 23 heavy (non-hydrogen) atoms. The highest BCUT2D eigenvalue weighted by Gasteiger charge is 2.10. The molecular formula is C19H25N3O. The molecule has 0 unspecified atom stereocenters. The minimum atomic E-state index is -0.181. The van der Waals surface area contributed by atoms with E-state index in [1.54, 1.807) is 6.20 Å². The average Bonchev–Trinajstić information content (AvgIpc) is 2.60. The van der Waals surface area contributed by atoms with E-state index in [4.69, 9.17) is 0 Å². The zero-order valence-electron chi connectivity index (χ0n) is 14.2. The van der Waals surface area contributed by atoms with E-state index >= 15 is 0 Å². The van der Waals surface area contributed by atoms with Gasteiger partial charge in [-0.1, -0.05) is 32.4 Å². The van der Waals surface area contributed by atoms with E-state index in [0.29, 0.717) is 5.69 Å². The Morgan fingerprint density at radius 3 is 2.57 bits per heavy atom. The molecule has 0 fully saturated rings. The van der Waals surface area contributed by atoms with Gasteiger partial charge in [0.1, 0.15) is 5.69 Å². The maximum atomic E-state index is 12.4. The highest BCUT2D eigenvalue weighted by molar-refractivity contribution is 6.03. The number of anilines is 2. The Labute approximate surface area is 138 Å². The van der Waals surface area contributed by atoms with Crippen molar-refractivity contribution >= 4 is 17.3 Å². The summed E-state index contributed by atoms with van der Waals surface area (Å²) in [4.78, 5) is 18.7. The summed E-state index contributed by atoms with van der Waals surface area (Å²) in [7, 11) is 2.04. The first kappa shape index (κ1) is 17.0. The molecular weight excluding hydrogens is 286 g/mol. The van der Waals surface area contributed by atoms with Crippen molar-refractivity contribution in [3.8, 4) is 0 Å². The van der Waals surface area contributed by atoms with Crippen LogP contribution in [-0.2, 0) is 6.42 Å². The molecule has 122 valence electrons. The fourth-order valence-corrected chi connectivity index (χ4v) is 2.32. The van der Waals surface area contributed by atoms with Gasteiger partial charge < -0.3 is 10.2 Å². The fraction of sp³-hybridized carbons (Fsp3) is 0.368. The van der Waals surface area contributed by atoms with Crippen LogP contribution in [0.15, 0.2) is 42.6 Å². The predicted octanol–water partition coefficient (Wildman–Crippen LogP) is 4.13. The second kappa shape index (κ2) is 8.32. The lowest BCUT2D eigenvalue weighted by Crippen LogP contribution is -2.20. The van der Waals surface area contributed by atoms with Crippen molar-refractivity contribution in [2.45, 2.75) is 33.1 Å². The predicted molar refractivity (Wildman–Crippen MR) is 96.2 cm³/mol. The van der Waals surface area contributed by atoms with Crippen molar-refractivity contribution in [3.63, 3.8) is 0 Å². The van der Waals surface area contributed by atoms with Gasteiger partial charge in [0.05, 0.1) is 0 Å². The Morgan fingerprint density at radius 1 is 1.17 bits per heavy atom. The highest BCUT2D eigenvalue weighted by Crippen LogP contribution is 2.16. The molecule has 0 spiro atoms. The number of pyridine rings is 1. The topological polar surface area (TPSA) is 45.2 Å². The van der Waals surface area contributed by atoms with Gasteiger partial charge in [0.25, 0.3) is 5.91 Å². The van der Waals surface area contributed by atoms with Crippen LogP contribution in [0.1, 0.15) is 42.7 Å². The zero-order chi connectivity index (χ0) is 16.7. The van der Waals surface area contributed by atoms with Crippen LogP contribution in [0.4, 0.5) is 11.4 Å². The molecule has 1 aromatic heterocycles. The van der Waals surface area contributed by atoms with Crippen LogP contribution < -0.4 is 10.2 Å². The molecule has 0 aliphatic carbocycles. The molecule has 4 nitrogen and oxygen atoms in total. The van der Waals surface area contributed by atoms with Gasteiger partial charge in [-0.15, -0.1) is 0 Å². The summed E-state index contributed by atoms with van der Waals surface area (Å²) in [6.07, 6.45) is 4.95. The summed E-state index contributed by atoms with van der Waals surface area (Å²) < 4.78 is 0. The lowest BCUT2D eigenvalue weighted by Gasteiger charge is -2.19. The monoisotopic (exact) mass is 311 g/mol. The number of aromatic nitrogens is 1. The molecule has 0 atom stereocenters. The second-order valence-electron chi connectivity index (χ2n) is 5.68. The van der Waals surface area contributed by atoms with Crippen LogP contribution in [0.3, 0.4) is 0 Å². The van der Waals surface area contributed by atoms with E-state index < -0.39 is 0 Å². The molecule has 4 heteroatoms. The van der Waals surface area contributed by atoms with Gasteiger partial charge in [-0.05, 0) is 42.7 Å². The number of hydrogen-bond acceptors (Lipinski definition) is 3. The van der Waals surface area contributed by atoms with Crippen LogP contribution in [0.2, 0.25) is 0 Å². The largest absolute Gasteiger partial charge is 0.374 e. The van der Waals surface area contributed by atoms with Gasteiger partial charge in [-0.25, -0.2) is 0 Å². The number of aryl methyl sites for hydroxylation is 1. The Hall–Kier alpha value is -2.36.